The van der Waals surface area contributed by atoms with Crippen LogP contribution in [0.2, 0.25) is 0 Å². The van der Waals surface area contributed by atoms with Gasteiger partial charge in [-0.25, -0.2) is 0 Å². The summed E-state index contributed by atoms with van der Waals surface area (Å²) in [7, 11) is -7.50. The maximum atomic E-state index is 10.9. The standard InChI is InChI=1S/C41H36N2OP2.2CO.BF4.2Rh/c44-35(31-42-29-33-17-13-15-27-40(33)45(36-19-5-1-6-20-36)37-21-7-2-8-22-37)32-43-30-34-18-14-16-28-41(34)46(38-23-9-3-10-24-38)39-25-11-4-12-26-39;2*1-2;2-1(3,4)5;;/h1-30,35,44H,31-32H2;;;;;/q;;;-1;;. The van der Waals surface area contributed by atoms with E-state index in [2.05, 4.69) is 181 Å². The first-order chi connectivity index (χ1) is 26.8. The van der Waals surface area contributed by atoms with Gasteiger partial charge in [-0.3, -0.25) is 9.98 Å². The van der Waals surface area contributed by atoms with Crippen LogP contribution >= 0.6 is 15.8 Å². The van der Waals surface area contributed by atoms with E-state index in [0.717, 1.165) is 11.1 Å². The number of hydrogen-bond donors (Lipinski definition) is 1. The fraction of sp³-hybridized carbons (Fsp3) is 0.0698. The Morgan fingerprint density at radius 2 is 0.702 bits per heavy atom. The molecular formula is C43H36BF4N2O3P2Rh2-. The average Bonchev–Trinajstić information content (AvgIpc) is 3.22. The predicted octanol–water partition coefficient (Wildman–Crippen LogP) is 7.32. The Bertz CT molecular complexity index is 1870. The van der Waals surface area contributed by atoms with Crippen molar-refractivity contribution in [1.82, 2.24) is 0 Å². The molecule has 5 nitrogen and oxygen atoms in total. The zero-order chi connectivity index (χ0) is 39.9. The molecule has 6 rings (SSSR count). The normalized spacial score (nSPS) is 11.1. The second-order valence-corrected chi connectivity index (χ2v) is 15.6. The Hall–Kier alpha value is -4.01. The number of aliphatic hydroxyl groups is 1. The Kier molecular flexibility index (Phi) is 25.4. The second kappa shape index (κ2) is 28.4. The van der Waals surface area contributed by atoms with Gasteiger partial charge in [-0.15, -0.1) is 0 Å². The molecule has 57 heavy (non-hydrogen) atoms. The summed E-state index contributed by atoms with van der Waals surface area (Å²) in [5.41, 5.74) is 2.14. The molecule has 6 aromatic rings. The van der Waals surface area contributed by atoms with Crippen molar-refractivity contribution in [3.63, 3.8) is 0 Å². The fourth-order valence-electron chi connectivity index (χ4n) is 5.37. The van der Waals surface area contributed by atoms with Crippen molar-refractivity contribution in [2.24, 2.45) is 9.98 Å². The summed E-state index contributed by atoms with van der Waals surface area (Å²) in [5, 5.41) is 18.5. The number of benzene rings is 6. The van der Waals surface area contributed by atoms with Gasteiger partial charge in [0.1, 0.15) is 0 Å². The number of aliphatic hydroxyl groups excluding tert-OH is 1. The maximum Gasteiger partial charge on any atom is 0 e. The molecule has 296 valence electrons. The Morgan fingerprint density at radius 3 is 0.965 bits per heavy atom. The van der Waals surface area contributed by atoms with E-state index in [0.29, 0.717) is 0 Å². The summed E-state index contributed by atoms with van der Waals surface area (Å²) < 4.78 is 54.0. The summed E-state index contributed by atoms with van der Waals surface area (Å²) in [4.78, 5) is 9.37. The minimum absolute atomic E-state index is 0. The van der Waals surface area contributed by atoms with Gasteiger partial charge in [-0.1, -0.05) is 170 Å². The van der Waals surface area contributed by atoms with Crippen molar-refractivity contribution in [2.45, 2.75) is 6.10 Å². The van der Waals surface area contributed by atoms with Crippen LogP contribution in [0, 0.1) is 13.3 Å². The van der Waals surface area contributed by atoms with Crippen LogP contribution in [-0.2, 0) is 48.3 Å². The number of nitrogens with zero attached hydrogens (tertiary/aromatic N) is 2. The minimum atomic E-state index is -6.00. The first kappa shape index (κ1) is 51.0. The van der Waals surface area contributed by atoms with E-state index < -0.39 is 29.2 Å². The van der Waals surface area contributed by atoms with Gasteiger partial charge >= 0.3 is 29.9 Å². The monoisotopic (exact) mass is 983 g/mol. The van der Waals surface area contributed by atoms with E-state index in [-0.39, 0.29) is 52.0 Å². The minimum Gasteiger partial charge on any atom is 0 e. The van der Waals surface area contributed by atoms with Crippen molar-refractivity contribution in [3.05, 3.63) is 194 Å². The quantitative estimate of drug-likeness (QED) is 0.0343. The summed E-state index contributed by atoms with van der Waals surface area (Å²) in [6, 6.07) is 59.6. The van der Waals surface area contributed by atoms with Gasteiger partial charge in [0.05, 0.1) is 19.2 Å². The molecular weight excluding hydrogens is 947 g/mol. The molecule has 0 saturated heterocycles. The molecule has 0 spiro atoms. The number of rotatable bonds is 12. The molecule has 0 amide bonds. The van der Waals surface area contributed by atoms with Crippen molar-refractivity contribution in [3.8, 4) is 0 Å². The first-order valence-corrected chi connectivity index (χ1v) is 19.4. The topological polar surface area (TPSA) is 84.8 Å². The third kappa shape index (κ3) is 17.6. The number of hydrogen-bond acceptors (Lipinski definition) is 3. The smallest absolute Gasteiger partial charge is 0 e. The van der Waals surface area contributed by atoms with E-state index in [1.54, 1.807) is 0 Å². The summed E-state index contributed by atoms with van der Waals surface area (Å²) >= 11 is 0. The second-order valence-electron chi connectivity index (χ2n) is 11.3. The molecule has 1 N–H and O–H groups in total. The van der Waals surface area contributed by atoms with E-state index in [1.807, 2.05) is 24.6 Å². The zero-order valence-electron chi connectivity index (χ0n) is 30.1. The van der Waals surface area contributed by atoms with Gasteiger partial charge in [0.2, 0.25) is 0 Å². The largest absolute Gasteiger partial charge is 0 e. The van der Waals surface area contributed by atoms with Gasteiger partial charge in [0, 0.05) is 62.5 Å². The van der Waals surface area contributed by atoms with Gasteiger partial charge in [-0.2, -0.15) is 0 Å². The molecule has 0 aliphatic carbocycles. The molecule has 6 aromatic carbocycles. The van der Waals surface area contributed by atoms with Crippen molar-refractivity contribution >= 4 is 67.4 Å². The third-order valence-electron chi connectivity index (χ3n) is 7.51. The van der Waals surface area contributed by atoms with E-state index in [4.69, 9.17) is 9.30 Å². The SMILES string of the molecule is F[B-](F)(F)F.OC(CN=Cc1ccccc1P(c1ccccc1)c1ccccc1)CN=Cc1ccccc1P(c1ccccc1)c1ccccc1.[C-]#[O+].[C-]#[O+].[Rh].[Rh]. The van der Waals surface area contributed by atoms with Crippen LogP contribution in [0.1, 0.15) is 11.1 Å². The van der Waals surface area contributed by atoms with Crippen LogP contribution in [0.15, 0.2) is 180 Å². The molecule has 0 unspecified atom stereocenters. The van der Waals surface area contributed by atoms with Crippen LogP contribution in [0.25, 0.3) is 0 Å². The molecule has 0 aromatic heterocycles. The fourth-order valence-corrected chi connectivity index (χ4v) is 10.2. The van der Waals surface area contributed by atoms with Gasteiger partial charge in [0.25, 0.3) is 0 Å². The van der Waals surface area contributed by atoms with Gasteiger partial charge in [0.15, 0.2) is 0 Å². The third-order valence-corrected chi connectivity index (χ3v) is 12.5. The summed E-state index contributed by atoms with van der Waals surface area (Å²) in [6.07, 6.45) is 3.14. The molecule has 0 bridgehead atoms. The molecule has 0 aliphatic heterocycles. The van der Waals surface area contributed by atoms with Crippen LogP contribution in [0.5, 0.6) is 0 Å². The number of aliphatic imine (C=N–C) groups is 2. The Balaban J connectivity index is 0.00000135. The zero-order valence-corrected chi connectivity index (χ0v) is 35.2. The van der Waals surface area contributed by atoms with Crippen LogP contribution in [-0.4, -0.2) is 44.0 Å². The van der Waals surface area contributed by atoms with Crippen LogP contribution < -0.4 is 31.8 Å². The van der Waals surface area contributed by atoms with Crippen molar-refractivity contribution in [1.29, 1.82) is 0 Å². The molecule has 0 saturated carbocycles. The predicted molar refractivity (Wildman–Crippen MR) is 219 cm³/mol. The first-order valence-electron chi connectivity index (χ1n) is 16.7. The van der Waals surface area contributed by atoms with Gasteiger partial charge < -0.3 is 22.4 Å². The average molecular weight is 983 g/mol. The molecule has 14 heteroatoms. The maximum absolute atomic E-state index is 10.9. The Labute approximate surface area is 359 Å². The Morgan fingerprint density at radius 1 is 0.474 bits per heavy atom. The van der Waals surface area contributed by atoms with Crippen molar-refractivity contribution in [2.75, 3.05) is 13.1 Å². The molecule has 0 heterocycles. The van der Waals surface area contributed by atoms with Crippen LogP contribution in [0.4, 0.5) is 17.3 Å². The van der Waals surface area contributed by atoms with Crippen molar-refractivity contribution < 1.29 is 70.6 Å². The van der Waals surface area contributed by atoms with Gasteiger partial charge in [-0.05, 0) is 47.7 Å². The number of halogens is 4. The summed E-state index contributed by atoms with van der Waals surface area (Å²) in [6.45, 7) is 9.56. The van der Waals surface area contributed by atoms with E-state index in [9.17, 15) is 22.4 Å². The van der Waals surface area contributed by atoms with E-state index in [1.165, 1.54) is 31.8 Å². The summed E-state index contributed by atoms with van der Waals surface area (Å²) in [5.74, 6) is 0. The van der Waals surface area contributed by atoms with Crippen LogP contribution in [0.3, 0.4) is 0 Å². The molecule has 0 fully saturated rings. The van der Waals surface area contributed by atoms with E-state index >= 15 is 0 Å². The molecule has 2 radical (unpaired) electrons. The molecule has 0 atom stereocenters. The molecule has 0 aliphatic rings.